The van der Waals surface area contributed by atoms with E-state index < -0.39 is 26.4 Å². The van der Waals surface area contributed by atoms with Crippen LogP contribution in [0.25, 0.3) is 0 Å². The number of aromatic hydroxyl groups is 2. The van der Waals surface area contributed by atoms with Gasteiger partial charge in [0.25, 0.3) is 0 Å². The van der Waals surface area contributed by atoms with Gasteiger partial charge in [-0.1, -0.05) is 49.7 Å². The second-order valence-electron chi connectivity index (χ2n) is 6.91. The molecule has 3 aromatic rings. The van der Waals surface area contributed by atoms with Gasteiger partial charge in [0, 0.05) is 12.2 Å². The first-order chi connectivity index (χ1) is 14.4. The van der Waals surface area contributed by atoms with Crippen molar-refractivity contribution in [2.24, 2.45) is 0 Å². The molecule has 0 saturated heterocycles. The van der Waals surface area contributed by atoms with Gasteiger partial charge in [0.05, 0.1) is 10.6 Å². The fraction of sp³-hybridized carbons (Fsp3) is 0.261. The Labute approximate surface area is 177 Å². The monoisotopic (exact) mass is 426 g/mol. The number of pyridine rings is 1. The van der Waals surface area contributed by atoms with E-state index >= 15 is 0 Å². The number of unbranched alkanes of at least 4 members (excludes halogenated alkanes) is 1. The number of hydrogen-bond donors (Lipinski definition) is 2. The van der Waals surface area contributed by atoms with Gasteiger partial charge >= 0.3 is 0 Å². The summed E-state index contributed by atoms with van der Waals surface area (Å²) < 4.78 is 26.4. The van der Waals surface area contributed by atoms with Crippen LogP contribution in [0.3, 0.4) is 0 Å². The Morgan fingerprint density at radius 1 is 0.933 bits per heavy atom. The lowest BCUT2D eigenvalue weighted by Crippen LogP contribution is -2.20. The van der Waals surface area contributed by atoms with Crippen molar-refractivity contribution in [1.29, 1.82) is 0 Å². The Kier molecular flexibility index (Phi) is 6.62. The summed E-state index contributed by atoms with van der Waals surface area (Å²) in [5.74, 6) is -1.17. The minimum Gasteiger partial charge on any atom is -0.504 e. The van der Waals surface area contributed by atoms with Crippen LogP contribution < -0.4 is 4.90 Å². The zero-order chi connectivity index (χ0) is 21.7. The molecule has 0 atom stereocenters. The summed E-state index contributed by atoms with van der Waals surface area (Å²) in [7, 11) is -4.17. The van der Waals surface area contributed by atoms with Crippen molar-refractivity contribution < 1.29 is 18.6 Å². The molecule has 6 nitrogen and oxygen atoms in total. The van der Waals surface area contributed by atoms with Gasteiger partial charge in [-0.15, -0.1) is 0 Å². The molecule has 1 heterocycles. The van der Waals surface area contributed by atoms with Crippen molar-refractivity contribution in [3.8, 4) is 11.6 Å². The Morgan fingerprint density at radius 3 is 2.10 bits per heavy atom. The van der Waals surface area contributed by atoms with Crippen molar-refractivity contribution in [2.75, 3.05) is 11.4 Å². The number of para-hydroxylation sites is 1. The number of rotatable bonds is 8. The number of aromatic nitrogens is 1. The van der Waals surface area contributed by atoms with Crippen molar-refractivity contribution in [3.05, 3.63) is 66.4 Å². The minimum absolute atomic E-state index is 0.0209. The molecule has 0 aliphatic rings. The summed E-state index contributed by atoms with van der Waals surface area (Å²) in [5, 5.41) is 21.7. The maximum Gasteiger partial charge on any atom is 0.234 e. The highest BCUT2D eigenvalue weighted by molar-refractivity contribution is 7.91. The third-order valence-electron chi connectivity index (χ3n) is 4.90. The van der Waals surface area contributed by atoms with Gasteiger partial charge in [0.2, 0.25) is 15.7 Å². The van der Waals surface area contributed by atoms with Crippen LogP contribution in [0.2, 0.25) is 0 Å². The minimum atomic E-state index is -4.17. The summed E-state index contributed by atoms with van der Waals surface area (Å²) >= 11 is 0. The molecule has 30 heavy (non-hydrogen) atoms. The molecule has 0 fully saturated rings. The van der Waals surface area contributed by atoms with Crippen LogP contribution in [0.5, 0.6) is 11.6 Å². The van der Waals surface area contributed by atoms with Crippen LogP contribution in [0.15, 0.2) is 70.5 Å². The number of benzene rings is 2. The first-order valence-corrected chi connectivity index (χ1v) is 11.5. The second-order valence-corrected chi connectivity index (χ2v) is 8.79. The normalized spacial score (nSPS) is 11.4. The van der Waals surface area contributed by atoms with Gasteiger partial charge in [-0.05, 0) is 44.0 Å². The Balaban J connectivity index is 2.28. The molecule has 0 radical (unpaired) electrons. The summed E-state index contributed by atoms with van der Waals surface area (Å²) in [6.45, 7) is 4.42. The number of sulfone groups is 1. The average Bonchev–Trinajstić information content (AvgIpc) is 2.75. The van der Waals surface area contributed by atoms with E-state index in [2.05, 4.69) is 4.98 Å². The zero-order valence-electron chi connectivity index (χ0n) is 17.1. The van der Waals surface area contributed by atoms with E-state index in [4.69, 9.17) is 0 Å². The van der Waals surface area contributed by atoms with Crippen LogP contribution in [-0.4, -0.2) is 30.2 Å². The fourth-order valence-corrected chi connectivity index (χ4v) is 4.81. The maximum atomic E-state index is 13.2. The largest absolute Gasteiger partial charge is 0.504 e. The van der Waals surface area contributed by atoms with Crippen molar-refractivity contribution >= 4 is 21.2 Å². The standard InChI is InChI=1S/C23H26N2O4S/c1-3-5-16-19-20(25(4-2)17-12-8-6-9-13-17)21(26)22(23(27)24-19)30(28,29)18-14-10-7-11-15-18/h6-15H,3-5,16H2,1-2H3,(H2,24,26,27). The Bertz CT molecular complexity index is 1100. The highest BCUT2D eigenvalue weighted by atomic mass is 32.2. The molecule has 158 valence electrons. The summed E-state index contributed by atoms with van der Waals surface area (Å²) in [5.41, 5.74) is 1.57. The molecular formula is C23H26N2O4S. The lowest BCUT2D eigenvalue weighted by Gasteiger charge is -2.27. The van der Waals surface area contributed by atoms with Gasteiger partial charge in [-0.25, -0.2) is 13.4 Å². The van der Waals surface area contributed by atoms with Gasteiger partial charge in [0.15, 0.2) is 10.6 Å². The van der Waals surface area contributed by atoms with E-state index in [0.717, 1.165) is 18.5 Å². The topological polar surface area (TPSA) is 90.7 Å². The third-order valence-corrected chi connectivity index (χ3v) is 6.71. The van der Waals surface area contributed by atoms with Gasteiger partial charge in [-0.2, -0.15) is 0 Å². The lowest BCUT2D eigenvalue weighted by atomic mass is 10.1. The molecule has 0 bridgehead atoms. The maximum absolute atomic E-state index is 13.2. The van der Waals surface area contributed by atoms with E-state index in [0.29, 0.717) is 24.3 Å². The van der Waals surface area contributed by atoms with Gasteiger partial charge < -0.3 is 15.1 Å². The molecule has 0 saturated carbocycles. The Hall–Kier alpha value is -3.06. The summed E-state index contributed by atoms with van der Waals surface area (Å²) in [6.07, 6.45) is 2.18. The first kappa shape index (κ1) is 21.6. The average molecular weight is 427 g/mol. The molecule has 2 N–H and O–H groups in total. The van der Waals surface area contributed by atoms with E-state index in [1.165, 1.54) is 12.1 Å². The van der Waals surface area contributed by atoms with Crippen LogP contribution in [0, 0.1) is 0 Å². The highest BCUT2D eigenvalue weighted by Gasteiger charge is 2.32. The number of anilines is 2. The predicted octanol–water partition coefficient (Wildman–Crippen LogP) is 4.83. The molecule has 0 unspecified atom stereocenters. The first-order valence-electron chi connectivity index (χ1n) is 9.99. The molecular weight excluding hydrogens is 400 g/mol. The number of hydrogen-bond acceptors (Lipinski definition) is 6. The van der Waals surface area contributed by atoms with Crippen molar-refractivity contribution in [3.63, 3.8) is 0 Å². The summed E-state index contributed by atoms with van der Waals surface area (Å²) in [6, 6.07) is 17.1. The number of aryl methyl sites for hydroxylation is 1. The quantitative estimate of drug-likeness (QED) is 0.536. The molecule has 7 heteroatoms. The molecule has 0 aliphatic carbocycles. The van der Waals surface area contributed by atoms with E-state index in [-0.39, 0.29) is 4.90 Å². The molecule has 0 spiro atoms. The molecule has 0 aliphatic heterocycles. The second kappa shape index (κ2) is 9.17. The van der Waals surface area contributed by atoms with Crippen molar-refractivity contribution in [2.45, 2.75) is 42.9 Å². The smallest absolute Gasteiger partial charge is 0.234 e. The highest BCUT2D eigenvalue weighted by Crippen LogP contribution is 2.45. The molecule has 2 aromatic carbocycles. The van der Waals surface area contributed by atoms with Gasteiger partial charge in [-0.3, -0.25) is 0 Å². The Morgan fingerprint density at radius 2 is 1.53 bits per heavy atom. The SMILES string of the molecule is CCCCc1nc(O)c(S(=O)(=O)c2ccccc2)c(O)c1N(CC)c1ccccc1. The van der Waals surface area contributed by atoms with Crippen LogP contribution in [0.1, 0.15) is 32.4 Å². The van der Waals surface area contributed by atoms with E-state index in [1.807, 2.05) is 49.1 Å². The lowest BCUT2D eigenvalue weighted by molar-refractivity contribution is 0.405. The predicted molar refractivity (Wildman–Crippen MR) is 117 cm³/mol. The summed E-state index contributed by atoms with van der Waals surface area (Å²) in [4.78, 5) is 5.46. The number of nitrogens with zero attached hydrogens (tertiary/aromatic N) is 2. The molecule has 0 amide bonds. The molecule has 1 aromatic heterocycles. The van der Waals surface area contributed by atoms with Crippen LogP contribution in [-0.2, 0) is 16.3 Å². The van der Waals surface area contributed by atoms with Crippen LogP contribution >= 0.6 is 0 Å². The van der Waals surface area contributed by atoms with E-state index in [1.54, 1.807) is 18.2 Å². The third kappa shape index (κ3) is 4.11. The van der Waals surface area contributed by atoms with Crippen molar-refractivity contribution in [1.82, 2.24) is 4.98 Å². The van der Waals surface area contributed by atoms with Crippen LogP contribution in [0.4, 0.5) is 11.4 Å². The van der Waals surface area contributed by atoms with Gasteiger partial charge in [0.1, 0.15) is 5.69 Å². The zero-order valence-corrected chi connectivity index (χ0v) is 17.9. The molecule has 3 rings (SSSR count). The fourth-order valence-electron chi connectivity index (χ4n) is 3.43. The van der Waals surface area contributed by atoms with E-state index in [9.17, 15) is 18.6 Å².